The molecule has 0 saturated carbocycles. The Morgan fingerprint density at radius 1 is 0.810 bits per heavy atom. The summed E-state index contributed by atoms with van der Waals surface area (Å²) in [6, 6.07) is 26.2. The number of methoxy groups -OCH3 is 2. The van der Waals surface area contributed by atoms with E-state index in [1.165, 1.54) is 13.5 Å². The SMILES string of the molecule is COc1ccc(C(OC([CH-]OC(C)=O)COP(C)N(C(C)C)C(C)C)(c2ccccc2)c2ccc(OC)cc2)cc1.[U]. The molecule has 0 amide bonds. The normalized spacial score (nSPS) is 13.0. The number of benzene rings is 3. The first-order chi connectivity index (χ1) is 19.6. The molecule has 0 aromatic heterocycles. The molecule has 0 saturated heterocycles. The van der Waals surface area contributed by atoms with Crippen molar-refractivity contribution in [2.45, 2.75) is 58.4 Å². The second kappa shape index (κ2) is 17.4. The van der Waals surface area contributed by atoms with E-state index in [0.717, 1.165) is 28.2 Å². The molecule has 0 radical (unpaired) electrons. The molecular formula is C33H43NO6PU-. The van der Waals surface area contributed by atoms with Crippen LogP contribution in [0.3, 0.4) is 0 Å². The number of hydrogen-bond acceptors (Lipinski definition) is 7. The van der Waals surface area contributed by atoms with Crippen molar-refractivity contribution in [3.8, 4) is 11.5 Å². The largest absolute Gasteiger partial charge is 0.635 e. The second-order valence-corrected chi connectivity index (χ2v) is 11.9. The molecule has 3 rings (SSSR count). The smallest absolute Gasteiger partial charge is 0.271 e. The predicted molar refractivity (Wildman–Crippen MR) is 164 cm³/mol. The summed E-state index contributed by atoms with van der Waals surface area (Å²) in [4.78, 5) is 11.9. The molecule has 3 aromatic carbocycles. The van der Waals surface area contributed by atoms with Crippen molar-refractivity contribution in [2.24, 2.45) is 0 Å². The number of nitrogens with zero attached hydrogens (tertiary/aromatic N) is 1. The van der Waals surface area contributed by atoms with Crippen molar-refractivity contribution in [2.75, 3.05) is 27.5 Å². The van der Waals surface area contributed by atoms with Crippen LogP contribution in [0.1, 0.15) is 51.3 Å². The molecule has 0 spiro atoms. The van der Waals surface area contributed by atoms with E-state index in [9.17, 15) is 4.79 Å². The van der Waals surface area contributed by atoms with Crippen LogP contribution in [-0.4, -0.2) is 56.3 Å². The fourth-order valence-corrected chi connectivity index (χ4v) is 6.82. The monoisotopic (exact) mass is 818 g/mol. The van der Waals surface area contributed by atoms with E-state index < -0.39 is 26.0 Å². The third-order valence-electron chi connectivity index (χ3n) is 6.70. The van der Waals surface area contributed by atoms with Crippen molar-refractivity contribution in [1.29, 1.82) is 0 Å². The Kier molecular flexibility index (Phi) is 15.0. The average molecular weight is 819 g/mol. The first kappa shape index (κ1) is 36.3. The van der Waals surface area contributed by atoms with Crippen LogP contribution >= 0.6 is 8.30 Å². The minimum absolute atomic E-state index is 0. The standard InChI is InChI=1S/C33H43NO6P.U/c1-24(2)34(25(3)4)41(8)39-23-32(22-38-26(5)35)40-33(27-12-10-9-11-13-27,28-14-18-30(36-6)19-15-28)29-16-20-31(37-7)21-17-29;/h9-22,24-25,32H,23H2,1-8H3;/q-1;. The summed E-state index contributed by atoms with van der Waals surface area (Å²) in [7, 11) is 2.34. The Hall–Kier alpha value is -1.91. The van der Waals surface area contributed by atoms with Crippen LogP contribution in [0.5, 0.6) is 11.5 Å². The number of hydrogen-bond donors (Lipinski definition) is 0. The summed E-state index contributed by atoms with van der Waals surface area (Å²) >= 11 is 0. The Morgan fingerprint density at radius 3 is 1.67 bits per heavy atom. The van der Waals surface area contributed by atoms with Gasteiger partial charge in [0.25, 0.3) is 5.97 Å². The zero-order valence-electron chi connectivity index (χ0n) is 25.9. The quantitative estimate of drug-likeness (QED) is 0.0698. The molecule has 0 heterocycles. The van der Waals surface area contributed by atoms with Crippen LogP contribution in [0.25, 0.3) is 0 Å². The summed E-state index contributed by atoms with van der Waals surface area (Å²) in [5.74, 6) is 1.04. The van der Waals surface area contributed by atoms with E-state index in [2.05, 4.69) is 39.0 Å². The van der Waals surface area contributed by atoms with Gasteiger partial charge in [-0.05, 0) is 81.4 Å². The number of carbonyl (C=O) groups is 1. The van der Waals surface area contributed by atoms with Gasteiger partial charge in [-0.15, -0.1) is 6.61 Å². The average Bonchev–Trinajstić information content (AvgIpc) is 2.97. The minimum atomic E-state index is -1.09. The summed E-state index contributed by atoms with van der Waals surface area (Å²) in [5, 5.41) is 0. The van der Waals surface area contributed by atoms with Crippen molar-refractivity contribution in [3.63, 3.8) is 0 Å². The van der Waals surface area contributed by atoms with Gasteiger partial charge in [-0.1, -0.05) is 54.6 Å². The summed E-state index contributed by atoms with van der Waals surface area (Å²) in [6.07, 6.45) is -0.700. The number of carbonyl (C=O) groups excluding carboxylic acids is 1. The third kappa shape index (κ3) is 9.29. The number of esters is 1. The fourth-order valence-electron chi connectivity index (χ4n) is 5.02. The van der Waals surface area contributed by atoms with Crippen molar-refractivity contribution >= 4 is 14.3 Å². The number of rotatable bonds is 15. The summed E-state index contributed by atoms with van der Waals surface area (Å²) in [5.41, 5.74) is 1.57. The molecule has 0 aliphatic heterocycles. The molecule has 0 fully saturated rings. The van der Waals surface area contributed by atoms with Crippen molar-refractivity contribution in [1.82, 2.24) is 4.67 Å². The molecule has 226 valence electrons. The van der Waals surface area contributed by atoms with Gasteiger partial charge in [0.1, 0.15) is 25.4 Å². The molecule has 0 bridgehead atoms. The van der Waals surface area contributed by atoms with E-state index in [-0.39, 0.29) is 37.7 Å². The Labute approximate surface area is 276 Å². The molecule has 7 nitrogen and oxygen atoms in total. The van der Waals surface area contributed by atoms with E-state index in [1.807, 2.05) is 78.9 Å². The van der Waals surface area contributed by atoms with Gasteiger partial charge in [-0.25, -0.2) is 0 Å². The van der Waals surface area contributed by atoms with Crippen LogP contribution in [0.15, 0.2) is 78.9 Å². The van der Waals surface area contributed by atoms with Gasteiger partial charge < -0.3 is 23.5 Å². The van der Waals surface area contributed by atoms with Crippen molar-refractivity contribution in [3.05, 3.63) is 102 Å². The Balaban J connectivity index is 0.00000616. The maximum atomic E-state index is 11.9. The van der Waals surface area contributed by atoms with Crippen LogP contribution in [0.2, 0.25) is 0 Å². The molecule has 0 aliphatic carbocycles. The molecular weight excluding hydrogens is 775 g/mol. The predicted octanol–water partition coefficient (Wildman–Crippen LogP) is 7.18. The van der Waals surface area contributed by atoms with Crippen molar-refractivity contribution < 1.29 is 59.4 Å². The topological polar surface area (TPSA) is 66.5 Å². The van der Waals surface area contributed by atoms with E-state index in [0.29, 0.717) is 12.1 Å². The van der Waals surface area contributed by atoms with E-state index in [1.54, 1.807) is 14.2 Å². The molecule has 3 aromatic rings. The zero-order chi connectivity index (χ0) is 30.0. The van der Waals surface area contributed by atoms with Gasteiger partial charge in [0.2, 0.25) is 0 Å². The third-order valence-corrected chi connectivity index (χ3v) is 8.79. The molecule has 2 atom stereocenters. The van der Waals surface area contributed by atoms with Crippen LogP contribution in [-0.2, 0) is 24.4 Å². The minimum Gasteiger partial charge on any atom is -0.635 e. The maximum absolute atomic E-state index is 11.9. The Bertz CT molecular complexity index is 1150. The number of ether oxygens (including phenoxy) is 4. The van der Waals surface area contributed by atoms with Gasteiger partial charge in [0.15, 0.2) is 0 Å². The zero-order valence-corrected chi connectivity index (χ0v) is 30.9. The van der Waals surface area contributed by atoms with E-state index in [4.69, 9.17) is 23.5 Å². The van der Waals surface area contributed by atoms with Crippen LogP contribution < -0.4 is 9.47 Å². The fraction of sp³-hybridized carbons (Fsp3) is 0.394. The van der Waals surface area contributed by atoms with Gasteiger partial charge >= 0.3 is 0 Å². The van der Waals surface area contributed by atoms with Gasteiger partial charge in [0, 0.05) is 50.1 Å². The van der Waals surface area contributed by atoms with Crippen LogP contribution in [0.4, 0.5) is 0 Å². The van der Waals surface area contributed by atoms with E-state index >= 15 is 0 Å². The molecule has 0 N–H and O–H groups in total. The first-order valence-corrected chi connectivity index (χ1v) is 15.5. The van der Waals surface area contributed by atoms with Crippen LogP contribution in [0, 0.1) is 37.7 Å². The van der Waals surface area contributed by atoms with Gasteiger partial charge in [-0.3, -0.25) is 9.46 Å². The van der Waals surface area contributed by atoms with Gasteiger partial charge in [-0.2, -0.15) is 0 Å². The maximum Gasteiger partial charge on any atom is 0.271 e. The molecule has 42 heavy (non-hydrogen) atoms. The molecule has 2 unspecified atom stereocenters. The summed E-state index contributed by atoms with van der Waals surface area (Å²) < 4.78 is 32.2. The second-order valence-electron chi connectivity index (χ2n) is 10.2. The van der Waals surface area contributed by atoms with Gasteiger partial charge in [0.05, 0.1) is 20.8 Å². The summed E-state index contributed by atoms with van der Waals surface area (Å²) in [6.45, 7) is 13.7. The molecule has 0 aliphatic rings. The molecule has 9 heteroatoms. The first-order valence-electron chi connectivity index (χ1n) is 13.8. The Morgan fingerprint density at radius 2 is 1.26 bits per heavy atom.